The summed E-state index contributed by atoms with van der Waals surface area (Å²) in [6.45, 7) is 0.817. The van der Waals surface area contributed by atoms with E-state index in [1.165, 1.54) is 7.11 Å². The summed E-state index contributed by atoms with van der Waals surface area (Å²) in [5.74, 6) is 0.740. The number of carbonyl (C=O) groups excluding carboxylic acids is 1. The van der Waals surface area contributed by atoms with E-state index in [2.05, 4.69) is 10.3 Å². The van der Waals surface area contributed by atoms with Crippen LogP contribution >= 0.6 is 11.8 Å². The first kappa shape index (κ1) is 13.0. The molecule has 1 aliphatic rings. The minimum absolute atomic E-state index is 0.296. The van der Waals surface area contributed by atoms with Crippen molar-refractivity contribution in [3.8, 4) is 0 Å². The van der Waals surface area contributed by atoms with Gasteiger partial charge in [-0.05, 0) is 12.0 Å². The van der Waals surface area contributed by atoms with Gasteiger partial charge in [0.15, 0.2) is 11.2 Å². The van der Waals surface area contributed by atoms with E-state index in [0.29, 0.717) is 0 Å². The first-order valence-corrected chi connectivity index (χ1v) is 6.86. The molecule has 18 heavy (non-hydrogen) atoms. The highest BCUT2D eigenvalue weighted by Crippen LogP contribution is 2.18. The molecule has 1 atom stereocenters. The molecule has 1 aromatic carbocycles. The molecule has 1 aromatic rings. The zero-order valence-corrected chi connectivity index (χ0v) is 11.1. The number of hydrogen-bond acceptors (Lipinski definition) is 5. The number of rotatable bonds is 3. The van der Waals surface area contributed by atoms with Crippen LogP contribution in [0.5, 0.6) is 0 Å². The molecule has 5 heteroatoms. The highest BCUT2D eigenvalue weighted by atomic mass is 32.2. The van der Waals surface area contributed by atoms with Gasteiger partial charge in [0.05, 0.1) is 7.11 Å². The Morgan fingerprint density at radius 3 is 2.83 bits per heavy atom. The van der Waals surface area contributed by atoms with Crippen molar-refractivity contribution in [2.45, 2.75) is 12.5 Å². The van der Waals surface area contributed by atoms with Crippen LogP contribution < -0.4 is 5.32 Å². The number of carbonyl (C=O) groups is 1. The number of aliphatic imine (C=N–C) groups is 1. The van der Waals surface area contributed by atoms with Crippen molar-refractivity contribution in [3.05, 3.63) is 35.9 Å². The Morgan fingerprint density at radius 2 is 2.22 bits per heavy atom. The van der Waals surface area contributed by atoms with Gasteiger partial charge in [0.2, 0.25) is 0 Å². The van der Waals surface area contributed by atoms with Gasteiger partial charge in [0.25, 0.3) is 0 Å². The topological polar surface area (TPSA) is 50.7 Å². The number of ether oxygens (including phenoxy) is 1. The molecule has 0 amide bonds. The largest absolute Gasteiger partial charge is 0.467 e. The molecule has 96 valence electrons. The van der Waals surface area contributed by atoms with Gasteiger partial charge in [-0.1, -0.05) is 42.1 Å². The summed E-state index contributed by atoms with van der Waals surface area (Å²) in [4.78, 5) is 16.2. The summed E-state index contributed by atoms with van der Waals surface area (Å²) in [6, 6.07) is 9.06. The fraction of sp³-hybridized carbons (Fsp3) is 0.385. The Morgan fingerprint density at radius 1 is 1.44 bits per heavy atom. The van der Waals surface area contributed by atoms with Crippen molar-refractivity contribution in [1.29, 1.82) is 0 Å². The lowest BCUT2D eigenvalue weighted by atomic mass is 10.1. The molecule has 0 aromatic heterocycles. The number of nitrogens with one attached hydrogen (secondary N) is 1. The maximum absolute atomic E-state index is 11.8. The van der Waals surface area contributed by atoms with Crippen LogP contribution in [0.15, 0.2) is 35.3 Å². The minimum Gasteiger partial charge on any atom is -0.467 e. The van der Waals surface area contributed by atoms with E-state index < -0.39 is 6.04 Å². The summed E-state index contributed by atoms with van der Waals surface area (Å²) in [5, 5.41) is 3.98. The number of methoxy groups -OCH3 is 1. The van der Waals surface area contributed by atoms with E-state index in [1.54, 1.807) is 11.8 Å². The van der Waals surface area contributed by atoms with Gasteiger partial charge in [0, 0.05) is 12.3 Å². The molecule has 0 aliphatic carbocycles. The average molecular weight is 264 g/mol. The van der Waals surface area contributed by atoms with E-state index >= 15 is 0 Å². The number of hydrogen-bond donors (Lipinski definition) is 1. The Balaban J connectivity index is 2.15. The lowest BCUT2D eigenvalue weighted by Gasteiger charge is -2.20. The monoisotopic (exact) mass is 264 g/mol. The van der Waals surface area contributed by atoms with Crippen molar-refractivity contribution in [2.75, 3.05) is 19.4 Å². The Labute approximate surface area is 111 Å². The third-order valence-corrected chi connectivity index (χ3v) is 3.65. The van der Waals surface area contributed by atoms with Crippen molar-refractivity contribution >= 4 is 22.9 Å². The molecule has 0 saturated carbocycles. The van der Waals surface area contributed by atoms with Gasteiger partial charge in [0.1, 0.15) is 0 Å². The molecule has 4 nitrogen and oxygen atoms in total. The SMILES string of the molecule is COC(=O)C(NC1=NCCCS1)c1ccccc1. The number of thioether (sulfide) groups is 1. The second kappa shape index (κ2) is 6.44. The van der Waals surface area contributed by atoms with Crippen molar-refractivity contribution in [1.82, 2.24) is 5.32 Å². The standard InChI is InChI=1S/C13H16N2O2S/c1-17-12(16)11(10-6-3-2-4-7-10)15-13-14-8-5-9-18-13/h2-4,6-7,11H,5,8-9H2,1H3,(H,14,15). The highest BCUT2D eigenvalue weighted by Gasteiger charge is 2.23. The van der Waals surface area contributed by atoms with Gasteiger partial charge >= 0.3 is 5.97 Å². The first-order valence-electron chi connectivity index (χ1n) is 5.88. The zero-order chi connectivity index (χ0) is 12.8. The first-order chi connectivity index (χ1) is 8.81. The molecular formula is C13H16N2O2S. The molecule has 2 rings (SSSR count). The number of amidine groups is 1. The Bertz CT molecular complexity index is 434. The lowest BCUT2D eigenvalue weighted by Crippen LogP contribution is -2.34. The fourth-order valence-electron chi connectivity index (χ4n) is 1.71. The summed E-state index contributed by atoms with van der Waals surface area (Å²) in [6.07, 6.45) is 1.09. The van der Waals surface area contributed by atoms with Crippen molar-refractivity contribution in [3.63, 3.8) is 0 Å². The molecule has 1 unspecified atom stereocenters. The summed E-state index contributed by atoms with van der Waals surface area (Å²) in [5.41, 5.74) is 0.887. The van der Waals surface area contributed by atoms with Crippen molar-refractivity contribution in [2.24, 2.45) is 4.99 Å². The maximum Gasteiger partial charge on any atom is 0.333 e. The Kier molecular flexibility index (Phi) is 4.64. The van der Waals surface area contributed by atoms with Crippen LogP contribution in [0.25, 0.3) is 0 Å². The normalized spacial score (nSPS) is 16.6. The van der Waals surface area contributed by atoms with E-state index in [0.717, 1.165) is 29.4 Å². The van der Waals surface area contributed by atoms with Crippen LogP contribution in [0.4, 0.5) is 0 Å². The molecule has 0 saturated heterocycles. The summed E-state index contributed by atoms with van der Waals surface area (Å²) in [7, 11) is 1.40. The van der Waals surface area contributed by atoms with Gasteiger partial charge < -0.3 is 10.1 Å². The second-order valence-corrected chi connectivity index (χ2v) is 4.98. The lowest BCUT2D eigenvalue weighted by molar-refractivity contribution is -0.142. The average Bonchev–Trinajstić information content (AvgIpc) is 2.46. The van der Waals surface area contributed by atoms with Crippen LogP contribution in [0.1, 0.15) is 18.0 Å². The van der Waals surface area contributed by atoms with E-state index in [1.807, 2.05) is 30.3 Å². The third kappa shape index (κ3) is 3.26. The zero-order valence-electron chi connectivity index (χ0n) is 10.3. The van der Waals surface area contributed by atoms with Crippen molar-refractivity contribution < 1.29 is 9.53 Å². The van der Waals surface area contributed by atoms with Crippen LogP contribution in [0.2, 0.25) is 0 Å². The van der Waals surface area contributed by atoms with Crippen LogP contribution in [-0.4, -0.2) is 30.5 Å². The van der Waals surface area contributed by atoms with Crippen LogP contribution in [-0.2, 0) is 9.53 Å². The molecule has 0 bridgehead atoms. The molecule has 0 spiro atoms. The van der Waals surface area contributed by atoms with Crippen LogP contribution in [0.3, 0.4) is 0 Å². The van der Waals surface area contributed by atoms with Gasteiger partial charge in [-0.2, -0.15) is 0 Å². The predicted molar refractivity (Wildman–Crippen MR) is 73.7 cm³/mol. The van der Waals surface area contributed by atoms with Gasteiger partial charge in [-0.3, -0.25) is 4.99 Å². The maximum atomic E-state index is 11.8. The smallest absolute Gasteiger partial charge is 0.333 e. The third-order valence-electron chi connectivity index (χ3n) is 2.63. The minimum atomic E-state index is -0.486. The van der Waals surface area contributed by atoms with Gasteiger partial charge in [-0.25, -0.2) is 4.79 Å². The quantitative estimate of drug-likeness (QED) is 0.848. The molecule has 1 heterocycles. The number of esters is 1. The summed E-state index contributed by atoms with van der Waals surface area (Å²) >= 11 is 1.65. The Hall–Kier alpha value is -1.49. The number of nitrogens with zero attached hydrogens (tertiary/aromatic N) is 1. The predicted octanol–water partition coefficient (Wildman–Crippen LogP) is 1.98. The molecule has 1 aliphatic heterocycles. The molecule has 0 fully saturated rings. The molecule has 0 radical (unpaired) electrons. The highest BCUT2D eigenvalue weighted by molar-refractivity contribution is 8.13. The second-order valence-electron chi connectivity index (χ2n) is 3.90. The summed E-state index contributed by atoms with van der Waals surface area (Å²) < 4.78 is 4.84. The fourth-order valence-corrected chi connectivity index (χ4v) is 2.56. The van der Waals surface area contributed by atoms with Crippen LogP contribution in [0, 0.1) is 0 Å². The van der Waals surface area contributed by atoms with E-state index in [-0.39, 0.29) is 5.97 Å². The molecular weight excluding hydrogens is 248 g/mol. The molecule has 1 N–H and O–H groups in total. The van der Waals surface area contributed by atoms with E-state index in [4.69, 9.17) is 4.74 Å². The van der Waals surface area contributed by atoms with E-state index in [9.17, 15) is 4.79 Å². The number of benzene rings is 1. The van der Waals surface area contributed by atoms with Gasteiger partial charge in [-0.15, -0.1) is 0 Å².